The molecule has 0 amide bonds. The van der Waals surface area contributed by atoms with Gasteiger partial charge in [-0.05, 0) is 43.9 Å². The molecule has 0 spiro atoms. The van der Waals surface area contributed by atoms with Crippen LogP contribution in [0.5, 0.6) is 0 Å². The second-order valence-electron chi connectivity index (χ2n) is 11.6. The molecule has 0 heterocycles. The standard InChI is InChI=1S/C20H40O.C12H24O2/c1-17(2)9-6-10-18(3)11-7-12-19(4)13-8-14-20(5)15-16-21;1-2-3-4-5-6-7-8-9-10-11-12(13)14/h15,17-19,21H,6-14,16H2,1-5H3;2-11H2,1H3,(H,13,14)/t18-,19-;/m1./s1. The van der Waals surface area contributed by atoms with Crippen molar-refractivity contribution < 1.29 is 15.0 Å². The number of unbranched alkanes of at least 4 members (excludes halogenated alkanes) is 8. The molecule has 2 N–H and O–H groups in total. The van der Waals surface area contributed by atoms with Crippen molar-refractivity contribution in [2.45, 2.75) is 164 Å². The molecule has 0 unspecified atom stereocenters. The Kier molecular flexibility index (Phi) is 28.8. The fourth-order valence-electron chi connectivity index (χ4n) is 4.55. The lowest BCUT2D eigenvalue weighted by molar-refractivity contribution is -0.137. The van der Waals surface area contributed by atoms with Crippen LogP contribution >= 0.6 is 0 Å². The minimum absolute atomic E-state index is 0.191. The second-order valence-corrected chi connectivity index (χ2v) is 11.6. The molecule has 2 atom stereocenters. The minimum Gasteiger partial charge on any atom is -0.481 e. The molecule has 35 heavy (non-hydrogen) atoms. The van der Waals surface area contributed by atoms with E-state index in [1.54, 1.807) is 0 Å². The van der Waals surface area contributed by atoms with E-state index in [4.69, 9.17) is 10.2 Å². The number of aliphatic carboxylic acids is 1. The number of carboxylic acids is 1. The number of carboxylic acid groups (broad SMARTS) is 1. The molecule has 0 aromatic carbocycles. The molecule has 0 aliphatic rings. The van der Waals surface area contributed by atoms with Gasteiger partial charge in [-0.25, -0.2) is 0 Å². The summed E-state index contributed by atoms with van der Waals surface area (Å²) >= 11 is 0. The Labute approximate surface area is 220 Å². The normalized spacial score (nSPS) is 13.4. The van der Waals surface area contributed by atoms with Gasteiger partial charge in [-0.1, -0.05) is 143 Å². The Balaban J connectivity index is 0. The fourth-order valence-corrected chi connectivity index (χ4v) is 4.55. The van der Waals surface area contributed by atoms with Crippen LogP contribution in [0.2, 0.25) is 0 Å². The number of aliphatic hydroxyl groups is 1. The molecule has 0 fully saturated rings. The van der Waals surface area contributed by atoms with Crippen LogP contribution in [0, 0.1) is 17.8 Å². The van der Waals surface area contributed by atoms with Crippen molar-refractivity contribution in [2.75, 3.05) is 6.61 Å². The molecular weight excluding hydrogens is 432 g/mol. The van der Waals surface area contributed by atoms with Gasteiger partial charge in [0.25, 0.3) is 0 Å². The fraction of sp³-hybridized carbons (Fsp3) is 0.906. The summed E-state index contributed by atoms with van der Waals surface area (Å²) in [4.78, 5) is 10.2. The van der Waals surface area contributed by atoms with Crippen molar-refractivity contribution in [3.63, 3.8) is 0 Å². The number of hydrogen-bond acceptors (Lipinski definition) is 2. The Morgan fingerprint density at radius 1 is 0.657 bits per heavy atom. The maximum absolute atomic E-state index is 10.2. The van der Waals surface area contributed by atoms with E-state index in [9.17, 15) is 4.79 Å². The number of hydrogen-bond donors (Lipinski definition) is 2. The molecule has 0 radical (unpaired) electrons. The van der Waals surface area contributed by atoms with Crippen LogP contribution in [0.1, 0.15) is 164 Å². The quantitative estimate of drug-likeness (QED) is 0.109. The zero-order valence-electron chi connectivity index (χ0n) is 24.8. The van der Waals surface area contributed by atoms with Gasteiger partial charge in [-0.3, -0.25) is 4.79 Å². The van der Waals surface area contributed by atoms with Gasteiger partial charge in [0.1, 0.15) is 0 Å². The van der Waals surface area contributed by atoms with E-state index in [2.05, 4.69) is 41.5 Å². The lowest BCUT2D eigenvalue weighted by Gasteiger charge is -2.15. The van der Waals surface area contributed by atoms with Crippen LogP contribution in [-0.4, -0.2) is 22.8 Å². The van der Waals surface area contributed by atoms with E-state index in [0.717, 1.165) is 37.0 Å². The van der Waals surface area contributed by atoms with Gasteiger partial charge in [-0.15, -0.1) is 0 Å². The monoisotopic (exact) mass is 496 g/mol. The van der Waals surface area contributed by atoms with Crippen LogP contribution in [0.4, 0.5) is 0 Å². The Hall–Kier alpha value is -0.830. The van der Waals surface area contributed by atoms with Crippen LogP contribution < -0.4 is 0 Å². The van der Waals surface area contributed by atoms with Crippen molar-refractivity contribution in [1.82, 2.24) is 0 Å². The van der Waals surface area contributed by atoms with Crippen molar-refractivity contribution >= 4 is 5.97 Å². The first-order chi connectivity index (χ1) is 16.7. The lowest BCUT2D eigenvalue weighted by atomic mass is 9.91. The lowest BCUT2D eigenvalue weighted by Crippen LogP contribution is -2.00. The van der Waals surface area contributed by atoms with Gasteiger partial charge in [0, 0.05) is 6.42 Å². The summed E-state index contributed by atoms with van der Waals surface area (Å²) in [5, 5.41) is 17.2. The van der Waals surface area contributed by atoms with Crippen LogP contribution in [-0.2, 0) is 4.79 Å². The first-order valence-corrected chi connectivity index (χ1v) is 15.2. The predicted molar refractivity (Wildman–Crippen MR) is 155 cm³/mol. The first kappa shape index (κ1) is 36.3. The summed E-state index contributed by atoms with van der Waals surface area (Å²) in [5.41, 5.74) is 1.34. The average molecular weight is 497 g/mol. The van der Waals surface area contributed by atoms with E-state index in [1.807, 2.05) is 6.08 Å². The van der Waals surface area contributed by atoms with Crippen LogP contribution in [0.15, 0.2) is 11.6 Å². The third-order valence-corrected chi connectivity index (χ3v) is 7.07. The molecule has 0 aromatic heterocycles. The molecule has 0 aliphatic carbocycles. The minimum atomic E-state index is -0.659. The Morgan fingerprint density at radius 3 is 1.57 bits per heavy atom. The largest absolute Gasteiger partial charge is 0.481 e. The smallest absolute Gasteiger partial charge is 0.303 e. The summed E-state index contributed by atoms with van der Waals surface area (Å²) < 4.78 is 0. The van der Waals surface area contributed by atoms with E-state index in [1.165, 1.54) is 102 Å². The Bertz CT molecular complexity index is 469. The maximum Gasteiger partial charge on any atom is 0.303 e. The summed E-state index contributed by atoms with van der Waals surface area (Å²) in [5.74, 6) is 1.97. The molecule has 0 saturated carbocycles. The zero-order valence-corrected chi connectivity index (χ0v) is 24.8. The van der Waals surface area contributed by atoms with Gasteiger partial charge in [0.15, 0.2) is 0 Å². The number of rotatable bonds is 23. The summed E-state index contributed by atoms with van der Waals surface area (Å²) in [6.45, 7) is 14.0. The molecule has 0 bridgehead atoms. The molecule has 0 aliphatic heterocycles. The molecule has 3 nitrogen and oxygen atoms in total. The summed E-state index contributed by atoms with van der Waals surface area (Å²) in [6.07, 6.45) is 25.6. The number of aliphatic hydroxyl groups excluding tert-OH is 1. The summed E-state index contributed by atoms with van der Waals surface area (Å²) in [6, 6.07) is 0. The third-order valence-electron chi connectivity index (χ3n) is 7.07. The molecule has 0 saturated heterocycles. The van der Waals surface area contributed by atoms with Gasteiger partial charge < -0.3 is 10.2 Å². The molecule has 3 heteroatoms. The highest BCUT2D eigenvalue weighted by molar-refractivity contribution is 5.66. The van der Waals surface area contributed by atoms with E-state index in [-0.39, 0.29) is 6.61 Å². The molecule has 210 valence electrons. The SMILES string of the molecule is CC(=CCO)CCC[C@H](C)CCC[C@H](C)CCCC(C)C.CCCCCCCCCCCC(=O)O. The van der Waals surface area contributed by atoms with Gasteiger partial charge in [-0.2, -0.15) is 0 Å². The van der Waals surface area contributed by atoms with Gasteiger partial charge in [0.05, 0.1) is 6.61 Å². The summed E-state index contributed by atoms with van der Waals surface area (Å²) in [7, 11) is 0. The molecular formula is C32H64O3. The highest BCUT2D eigenvalue weighted by Crippen LogP contribution is 2.22. The van der Waals surface area contributed by atoms with Gasteiger partial charge >= 0.3 is 5.97 Å². The Morgan fingerprint density at radius 2 is 1.11 bits per heavy atom. The second kappa shape index (κ2) is 27.8. The predicted octanol–water partition coefficient (Wildman–Crippen LogP) is 10.4. The highest BCUT2D eigenvalue weighted by atomic mass is 16.4. The molecule has 0 rings (SSSR count). The van der Waals surface area contributed by atoms with Crippen molar-refractivity contribution in [2.24, 2.45) is 17.8 Å². The van der Waals surface area contributed by atoms with Crippen LogP contribution in [0.25, 0.3) is 0 Å². The average Bonchev–Trinajstić information content (AvgIpc) is 2.78. The number of carbonyl (C=O) groups is 1. The maximum atomic E-state index is 10.2. The highest BCUT2D eigenvalue weighted by Gasteiger charge is 2.06. The van der Waals surface area contributed by atoms with Gasteiger partial charge in [0.2, 0.25) is 0 Å². The van der Waals surface area contributed by atoms with E-state index in [0.29, 0.717) is 6.42 Å². The topological polar surface area (TPSA) is 57.5 Å². The zero-order chi connectivity index (χ0) is 26.7. The number of allylic oxidation sites excluding steroid dienone is 1. The first-order valence-electron chi connectivity index (χ1n) is 15.2. The third kappa shape index (κ3) is 33.2. The van der Waals surface area contributed by atoms with E-state index >= 15 is 0 Å². The van der Waals surface area contributed by atoms with E-state index < -0.39 is 5.97 Å². The van der Waals surface area contributed by atoms with Crippen molar-refractivity contribution in [1.29, 1.82) is 0 Å². The van der Waals surface area contributed by atoms with Crippen LogP contribution in [0.3, 0.4) is 0 Å². The van der Waals surface area contributed by atoms with Crippen molar-refractivity contribution in [3.8, 4) is 0 Å². The molecule has 0 aromatic rings. The van der Waals surface area contributed by atoms with Crippen molar-refractivity contribution in [3.05, 3.63) is 11.6 Å².